The van der Waals surface area contributed by atoms with Gasteiger partial charge in [0.15, 0.2) is 0 Å². The highest BCUT2D eigenvalue weighted by Crippen LogP contribution is 2.23. The van der Waals surface area contributed by atoms with Crippen molar-refractivity contribution in [1.29, 1.82) is 0 Å². The number of H-pyrrole nitrogens is 1. The fourth-order valence-corrected chi connectivity index (χ4v) is 1.49. The maximum Gasteiger partial charge on any atom is 0.376 e. The van der Waals surface area contributed by atoms with E-state index < -0.39 is 21.1 Å². The zero-order valence-electron chi connectivity index (χ0n) is 9.77. The number of aromatic amines is 1. The largest absolute Gasteiger partial charge is 0.376 e. The van der Waals surface area contributed by atoms with E-state index in [2.05, 4.69) is 15.3 Å². The number of hydrogen-bond acceptors (Lipinski definition) is 7. The minimum atomic E-state index is -0.919. The van der Waals surface area contributed by atoms with E-state index in [1.165, 1.54) is 24.3 Å². The quantitative estimate of drug-likeness (QED) is 0.633. The van der Waals surface area contributed by atoms with Crippen molar-refractivity contribution in [2.75, 3.05) is 5.32 Å². The number of rotatable bonds is 4. The third-order valence-corrected chi connectivity index (χ3v) is 2.33. The monoisotopic (exact) mass is 277 g/mol. The van der Waals surface area contributed by atoms with Crippen LogP contribution in [0, 0.1) is 20.2 Å². The number of nitro benzene ring substituents is 1. The lowest BCUT2D eigenvalue weighted by atomic mass is 10.3. The number of benzene rings is 1. The lowest BCUT2D eigenvalue weighted by Crippen LogP contribution is -2.14. The van der Waals surface area contributed by atoms with Crippen molar-refractivity contribution in [1.82, 2.24) is 9.97 Å². The molecular weight excluding hydrogens is 270 g/mol. The summed E-state index contributed by atoms with van der Waals surface area (Å²) in [5.41, 5.74) is -1.67. The highest BCUT2D eigenvalue weighted by atomic mass is 16.6. The number of hydrogen-bond donors (Lipinski definition) is 2. The van der Waals surface area contributed by atoms with Crippen LogP contribution in [0.5, 0.6) is 0 Å². The summed E-state index contributed by atoms with van der Waals surface area (Å²) in [6, 6.07) is 5.30. The molecule has 0 unspecified atom stereocenters. The minimum Gasteiger partial charge on any atom is -0.334 e. The van der Waals surface area contributed by atoms with Gasteiger partial charge in [-0.05, 0) is 6.07 Å². The van der Waals surface area contributed by atoms with Gasteiger partial charge in [0.05, 0.1) is 16.2 Å². The molecule has 10 heteroatoms. The summed E-state index contributed by atoms with van der Waals surface area (Å²) in [6.45, 7) is 0. The third kappa shape index (κ3) is 2.58. The predicted molar refractivity (Wildman–Crippen MR) is 67.9 cm³/mol. The minimum absolute atomic E-state index is 0.192. The topological polar surface area (TPSA) is 144 Å². The van der Waals surface area contributed by atoms with Crippen LogP contribution >= 0.6 is 0 Å². The Labute approximate surface area is 110 Å². The lowest BCUT2D eigenvalue weighted by molar-refractivity contribution is -0.385. The highest BCUT2D eigenvalue weighted by molar-refractivity contribution is 5.65. The zero-order chi connectivity index (χ0) is 14.7. The van der Waals surface area contributed by atoms with E-state index in [-0.39, 0.29) is 17.2 Å². The molecule has 2 rings (SSSR count). The third-order valence-electron chi connectivity index (χ3n) is 2.33. The molecule has 0 aliphatic heterocycles. The molecular formula is C10H7N5O5. The van der Waals surface area contributed by atoms with Gasteiger partial charge >= 0.3 is 11.2 Å². The molecule has 0 amide bonds. The molecule has 2 N–H and O–H groups in total. The van der Waals surface area contributed by atoms with E-state index in [9.17, 15) is 25.0 Å². The molecule has 0 saturated heterocycles. The van der Waals surface area contributed by atoms with Crippen LogP contribution in [-0.4, -0.2) is 19.8 Å². The molecule has 102 valence electrons. The maximum atomic E-state index is 11.4. The molecule has 0 aliphatic carbocycles. The Morgan fingerprint density at radius 3 is 2.60 bits per heavy atom. The second-order valence-corrected chi connectivity index (χ2v) is 3.62. The summed E-state index contributed by atoms with van der Waals surface area (Å²) < 4.78 is 0. The van der Waals surface area contributed by atoms with Gasteiger partial charge in [-0.1, -0.05) is 6.07 Å². The molecule has 20 heavy (non-hydrogen) atoms. The molecule has 2 aromatic rings. The molecule has 0 aliphatic rings. The number of aromatic nitrogens is 2. The first kappa shape index (κ1) is 13.1. The van der Waals surface area contributed by atoms with Gasteiger partial charge in [-0.2, -0.15) is 0 Å². The molecule has 0 bridgehead atoms. The van der Waals surface area contributed by atoms with Gasteiger partial charge < -0.3 is 10.3 Å². The van der Waals surface area contributed by atoms with Crippen molar-refractivity contribution >= 4 is 22.9 Å². The second kappa shape index (κ2) is 5.14. The standard InChI is InChI=1S/C10H7N5O5/c16-10-8(15(19)20)9(11-5-12-10)13-6-2-1-3-7(4-6)14(17)18/h1-5H,(H2,11,12,13,16). The van der Waals surface area contributed by atoms with E-state index in [1.807, 2.05) is 0 Å². The summed E-state index contributed by atoms with van der Waals surface area (Å²) in [6.07, 6.45) is 0.995. The second-order valence-electron chi connectivity index (χ2n) is 3.62. The Kier molecular flexibility index (Phi) is 3.37. The van der Waals surface area contributed by atoms with Crippen molar-refractivity contribution in [3.8, 4) is 0 Å². The zero-order valence-corrected chi connectivity index (χ0v) is 9.77. The molecule has 10 nitrogen and oxygen atoms in total. The average Bonchev–Trinajstić information content (AvgIpc) is 2.38. The van der Waals surface area contributed by atoms with E-state index in [0.717, 1.165) is 6.33 Å². The Hall–Kier alpha value is -3.30. The molecule has 1 heterocycles. The Balaban J connectivity index is 2.43. The molecule has 0 radical (unpaired) electrons. The average molecular weight is 277 g/mol. The molecule has 1 aromatic heterocycles. The molecule has 0 spiro atoms. The molecule has 0 atom stereocenters. The van der Waals surface area contributed by atoms with E-state index in [1.54, 1.807) is 0 Å². The summed E-state index contributed by atoms with van der Waals surface area (Å²) in [7, 11) is 0. The summed E-state index contributed by atoms with van der Waals surface area (Å²) >= 11 is 0. The van der Waals surface area contributed by atoms with Gasteiger partial charge in [0.1, 0.15) is 0 Å². The van der Waals surface area contributed by atoms with Gasteiger partial charge in [0.25, 0.3) is 5.69 Å². The summed E-state index contributed by atoms with van der Waals surface area (Å²) in [5.74, 6) is -0.292. The fourth-order valence-electron chi connectivity index (χ4n) is 1.49. The number of non-ortho nitro benzene ring substituents is 1. The van der Waals surface area contributed by atoms with Crippen LogP contribution in [0.4, 0.5) is 22.9 Å². The van der Waals surface area contributed by atoms with Gasteiger partial charge in [-0.15, -0.1) is 0 Å². The Morgan fingerprint density at radius 1 is 1.20 bits per heavy atom. The van der Waals surface area contributed by atoms with Crippen molar-refractivity contribution in [3.05, 3.63) is 61.2 Å². The summed E-state index contributed by atoms with van der Waals surface area (Å²) in [5, 5.41) is 24.0. The van der Waals surface area contributed by atoms with Crippen LogP contribution in [-0.2, 0) is 0 Å². The van der Waals surface area contributed by atoms with E-state index in [4.69, 9.17) is 0 Å². The van der Waals surface area contributed by atoms with Crippen molar-refractivity contribution in [2.24, 2.45) is 0 Å². The van der Waals surface area contributed by atoms with Crippen LogP contribution in [0.15, 0.2) is 35.4 Å². The molecule has 1 aromatic carbocycles. The van der Waals surface area contributed by atoms with Crippen LogP contribution in [0.25, 0.3) is 0 Å². The van der Waals surface area contributed by atoms with Crippen LogP contribution in [0.2, 0.25) is 0 Å². The number of nitrogens with one attached hydrogen (secondary N) is 2. The normalized spacial score (nSPS) is 10.0. The van der Waals surface area contributed by atoms with E-state index in [0.29, 0.717) is 0 Å². The number of nitrogens with zero attached hydrogens (tertiary/aromatic N) is 3. The highest BCUT2D eigenvalue weighted by Gasteiger charge is 2.20. The SMILES string of the molecule is O=c1[nH]cnc(Nc2cccc([N+](=O)[O-])c2)c1[N+](=O)[O-]. The molecule has 0 saturated carbocycles. The maximum absolute atomic E-state index is 11.4. The first-order chi connectivity index (χ1) is 9.49. The van der Waals surface area contributed by atoms with Gasteiger partial charge in [0.2, 0.25) is 5.82 Å². The fraction of sp³-hybridized carbons (Fsp3) is 0. The van der Waals surface area contributed by atoms with Crippen molar-refractivity contribution in [3.63, 3.8) is 0 Å². The Morgan fingerprint density at radius 2 is 1.95 bits per heavy atom. The van der Waals surface area contributed by atoms with Crippen molar-refractivity contribution in [2.45, 2.75) is 0 Å². The number of nitro groups is 2. The van der Waals surface area contributed by atoms with E-state index >= 15 is 0 Å². The number of anilines is 2. The predicted octanol–water partition coefficient (Wildman–Crippen LogP) is 1.33. The first-order valence-corrected chi connectivity index (χ1v) is 5.22. The van der Waals surface area contributed by atoms with Gasteiger partial charge in [0, 0.05) is 17.8 Å². The smallest absolute Gasteiger partial charge is 0.334 e. The lowest BCUT2D eigenvalue weighted by Gasteiger charge is -2.04. The van der Waals surface area contributed by atoms with Gasteiger partial charge in [-0.3, -0.25) is 25.0 Å². The van der Waals surface area contributed by atoms with Gasteiger partial charge in [-0.25, -0.2) is 4.98 Å². The van der Waals surface area contributed by atoms with Crippen LogP contribution in [0.3, 0.4) is 0 Å². The summed E-state index contributed by atoms with van der Waals surface area (Å²) in [4.78, 5) is 37.0. The van der Waals surface area contributed by atoms with Crippen molar-refractivity contribution < 1.29 is 9.85 Å². The molecule has 0 fully saturated rings. The van der Waals surface area contributed by atoms with Crippen LogP contribution in [0.1, 0.15) is 0 Å². The van der Waals surface area contributed by atoms with Crippen LogP contribution < -0.4 is 10.9 Å². The Bertz CT molecular complexity index is 741. The first-order valence-electron chi connectivity index (χ1n) is 5.22.